The first kappa shape index (κ1) is 20.2. The van der Waals surface area contributed by atoms with E-state index in [0.29, 0.717) is 18.8 Å². The summed E-state index contributed by atoms with van der Waals surface area (Å²) in [5.41, 5.74) is 2.44. The lowest BCUT2D eigenvalue weighted by Gasteiger charge is -2.38. The Kier molecular flexibility index (Phi) is 5.88. The van der Waals surface area contributed by atoms with Crippen molar-refractivity contribution >= 4 is 5.91 Å². The first-order chi connectivity index (χ1) is 14.6. The molecule has 30 heavy (non-hydrogen) atoms. The van der Waals surface area contributed by atoms with Crippen molar-refractivity contribution in [3.05, 3.63) is 93.8 Å². The van der Waals surface area contributed by atoms with Crippen molar-refractivity contribution in [1.82, 2.24) is 9.88 Å². The van der Waals surface area contributed by atoms with E-state index in [0.717, 1.165) is 12.8 Å². The number of aromatic nitrogens is 1. The van der Waals surface area contributed by atoms with Gasteiger partial charge in [0.15, 0.2) is 5.76 Å². The smallest absolute Gasteiger partial charge is 0.287 e. The molecule has 2 aromatic heterocycles. The van der Waals surface area contributed by atoms with Gasteiger partial charge < -0.3 is 14.3 Å². The van der Waals surface area contributed by atoms with Crippen molar-refractivity contribution in [2.75, 3.05) is 6.54 Å². The zero-order valence-electron chi connectivity index (χ0n) is 17.4. The third-order valence-electron chi connectivity index (χ3n) is 6.14. The van der Waals surface area contributed by atoms with Gasteiger partial charge in [-0.25, -0.2) is 0 Å². The summed E-state index contributed by atoms with van der Waals surface area (Å²) >= 11 is 0. The summed E-state index contributed by atoms with van der Waals surface area (Å²) in [6.45, 7) is 3.02. The van der Waals surface area contributed by atoms with Crippen molar-refractivity contribution in [1.29, 1.82) is 0 Å². The number of carbonyl (C=O) groups excluding carboxylic acids is 1. The maximum atomic E-state index is 12.8. The number of carbonyl (C=O) groups is 1. The van der Waals surface area contributed by atoms with Crippen LogP contribution in [0, 0.1) is 6.92 Å². The maximum absolute atomic E-state index is 12.8. The second-order valence-electron chi connectivity index (χ2n) is 8.33. The van der Waals surface area contributed by atoms with E-state index in [-0.39, 0.29) is 22.6 Å². The topological polar surface area (TPSA) is 64.2 Å². The van der Waals surface area contributed by atoms with Crippen LogP contribution in [0.5, 0.6) is 0 Å². The number of hydrogen-bond donors (Lipinski definition) is 1. The molecule has 1 N–H and O–H groups in total. The van der Waals surface area contributed by atoms with Gasteiger partial charge in [0, 0.05) is 24.2 Å². The van der Waals surface area contributed by atoms with Crippen molar-refractivity contribution < 1.29 is 9.21 Å². The third-order valence-corrected chi connectivity index (χ3v) is 6.14. The minimum Gasteiger partial charge on any atom is -0.454 e. The molecule has 1 aromatic carbocycles. The molecule has 0 bridgehead atoms. The van der Waals surface area contributed by atoms with E-state index in [2.05, 4.69) is 36.5 Å². The summed E-state index contributed by atoms with van der Waals surface area (Å²) in [4.78, 5) is 24.7. The summed E-state index contributed by atoms with van der Waals surface area (Å²) in [6, 6.07) is 17.1. The van der Waals surface area contributed by atoms with Crippen LogP contribution >= 0.6 is 0 Å². The van der Waals surface area contributed by atoms with Gasteiger partial charge in [0.2, 0.25) is 0 Å². The molecule has 1 saturated carbocycles. The van der Waals surface area contributed by atoms with Gasteiger partial charge in [-0.15, -0.1) is 0 Å². The number of benzene rings is 1. The van der Waals surface area contributed by atoms with E-state index in [1.54, 1.807) is 35.0 Å². The summed E-state index contributed by atoms with van der Waals surface area (Å²) in [5, 5.41) is 3.11. The van der Waals surface area contributed by atoms with Crippen LogP contribution in [0.4, 0.5) is 0 Å². The molecule has 0 saturated heterocycles. The molecule has 1 amide bonds. The Morgan fingerprint density at radius 1 is 1.07 bits per heavy atom. The van der Waals surface area contributed by atoms with Crippen LogP contribution in [0.15, 0.2) is 70.0 Å². The zero-order chi connectivity index (χ0) is 21.0. The van der Waals surface area contributed by atoms with Crippen LogP contribution in [0.25, 0.3) is 0 Å². The average Bonchev–Trinajstić information content (AvgIpc) is 3.23. The van der Waals surface area contributed by atoms with Crippen molar-refractivity contribution in [3.63, 3.8) is 0 Å². The maximum Gasteiger partial charge on any atom is 0.287 e. The lowest BCUT2D eigenvalue weighted by Crippen LogP contribution is -2.42. The zero-order valence-corrected chi connectivity index (χ0v) is 17.4. The molecule has 1 aliphatic rings. The minimum absolute atomic E-state index is 0.0211. The van der Waals surface area contributed by atoms with Crippen molar-refractivity contribution in [3.8, 4) is 0 Å². The van der Waals surface area contributed by atoms with Crippen molar-refractivity contribution in [2.45, 2.75) is 51.0 Å². The number of nitrogens with one attached hydrogen (secondary N) is 1. The molecule has 4 rings (SSSR count). The number of aryl methyl sites for hydroxylation is 1. The number of nitrogens with zero attached hydrogens (tertiary/aromatic N) is 1. The molecule has 3 aromatic rings. The largest absolute Gasteiger partial charge is 0.454 e. The lowest BCUT2D eigenvalue weighted by atomic mass is 9.69. The number of pyridine rings is 1. The Hall–Kier alpha value is -3.08. The van der Waals surface area contributed by atoms with Gasteiger partial charge in [0.1, 0.15) is 5.76 Å². The second-order valence-corrected chi connectivity index (χ2v) is 8.33. The molecule has 156 valence electrons. The van der Waals surface area contributed by atoms with E-state index >= 15 is 0 Å². The van der Waals surface area contributed by atoms with E-state index in [1.807, 2.05) is 0 Å². The molecule has 0 spiro atoms. The Bertz CT molecular complexity index is 1070. The highest BCUT2D eigenvalue weighted by Crippen LogP contribution is 2.39. The Balaban J connectivity index is 1.46. The molecule has 0 atom stereocenters. The monoisotopic (exact) mass is 404 g/mol. The summed E-state index contributed by atoms with van der Waals surface area (Å²) < 4.78 is 7.28. The van der Waals surface area contributed by atoms with Gasteiger partial charge in [-0.3, -0.25) is 9.59 Å². The predicted molar refractivity (Wildman–Crippen MR) is 117 cm³/mol. The molecule has 5 heteroatoms. The highest BCUT2D eigenvalue weighted by atomic mass is 16.4. The Morgan fingerprint density at radius 2 is 1.90 bits per heavy atom. The SMILES string of the molecule is Cc1cccc(C2(CNC(=O)c3ccc(Cn4ccccc4=O)o3)CCCCC2)c1. The van der Waals surface area contributed by atoms with Crippen LogP contribution < -0.4 is 10.9 Å². The average molecular weight is 405 g/mol. The van der Waals surface area contributed by atoms with E-state index < -0.39 is 0 Å². The van der Waals surface area contributed by atoms with Crippen LogP contribution in [-0.4, -0.2) is 17.0 Å². The fraction of sp³-hybridized carbons (Fsp3) is 0.360. The fourth-order valence-corrected chi connectivity index (χ4v) is 4.45. The van der Waals surface area contributed by atoms with Gasteiger partial charge in [-0.1, -0.05) is 55.2 Å². The van der Waals surface area contributed by atoms with Crippen LogP contribution in [0.3, 0.4) is 0 Å². The minimum atomic E-state index is -0.209. The summed E-state index contributed by atoms with van der Waals surface area (Å²) in [5.74, 6) is 0.656. The van der Waals surface area contributed by atoms with Crippen LogP contribution in [-0.2, 0) is 12.0 Å². The Labute approximate surface area is 176 Å². The fourth-order valence-electron chi connectivity index (χ4n) is 4.45. The number of hydrogen-bond acceptors (Lipinski definition) is 3. The first-order valence-corrected chi connectivity index (χ1v) is 10.7. The molecular formula is C25H28N2O3. The first-order valence-electron chi connectivity index (χ1n) is 10.7. The lowest BCUT2D eigenvalue weighted by molar-refractivity contribution is 0.0907. The molecule has 2 heterocycles. The number of amides is 1. The third kappa shape index (κ3) is 4.40. The Morgan fingerprint density at radius 3 is 2.67 bits per heavy atom. The number of furan rings is 1. The summed E-state index contributed by atoms with van der Waals surface area (Å²) in [6.07, 6.45) is 7.48. The van der Waals surface area contributed by atoms with E-state index in [4.69, 9.17) is 4.42 Å². The second kappa shape index (κ2) is 8.74. The van der Waals surface area contributed by atoms with Gasteiger partial charge in [0.25, 0.3) is 11.5 Å². The van der Waals surface area contributed by atoms with Gasteiger partial charge in [0.05, 0.1) is 6.54 Å². The van der Waals surface area contributed by atoms with Gasteiger partial charge >= 0.3 is 0 Å². The van der Waals surface area contributed by atoms with Crippen LogP contribution in [0.1, 0.15) is 59.5 Å². The molecule has 1 aliphatic carbocycles. The van der Waals surface area contributed by atoms with Crippen molar-refractivity contribution in [2.24, 2.45) is 0 Å². The van der Waals surface area contributed by atoms with E-state index in [1.165, 1.54) is 36.5 Å². The molecule has 0 radical (unpaired) electrons. The molecule has 0 aliphatic heterocycles. The molecular weight excluding hydrogens is 376 g/mol. The van der Waals surface area contributed by atoms with Gasteiger partial charge in [-0.05, 0) is 43.5 Å². The number of rotatable bonds is 6. The van der Waals surface area contributed by atoms with E-state index in [9.17, 15) is 9.59 Å². The molecule has 5 nitrogen and oxygen atoms in total. The highest BCUT2D eigenvalue weighted by molar-refractivity contribution is 5.91. The predicted octanol–water partition coefficient (Wildman–Crippen LogP) is 4.43. The van der Waals surface area contributed by atoms with Gasteiger partial charge in [-0.2, -0.15) is 0 Å². The highest BCUT2D eigenvalue weighted by Gasteiger charge is 2.34. The normalized spacial score (nSPS) is 15.6. The van der Waals surface area contributed by atoms with Crippen LogP contribution in [0.2, 0.25) is 0 Å². The molecule has 0 unspecified atom stereocenters. The standard InChI is InChI=1S/C25H28N2O3/c1-19-8-7-9-20(16-19)25(13-4-2-5-14-25)18-26-24(29)22-12-11-21(30-22)17-27-15-6-3-10-23(27)28/h3,6-12,15-16H,2,4-5,13-14,17-18H2,1H3,(H,26,29). The molecule has 1 fully saturated rings. The summed E-state index contributed by atoms with van der Waals surface area (Å²) in [7, 11) is 0. The quantitative estimate of drug-likeness (QED) is 0.661.